The van der Waals surface area contributed by atoms with Gasteiger partial charge in [-0.1, -0.05) is 11.6 Å². The van der Waals surface area contributed by atoms with Crippen molar-refractivity contribution < 1.29 is 14.3 Å². The summed E-state index contributed by atoms with van der Waals surface area (Å²) in [6, 6.07) is 3.52. The Labute approximate surface area is 128 Å². The number of hydrogen-bond donors (Lipinski definition) is 1. The molecular weight excluding hydrogens is 303 g/mol. The minimum absolute atomic E-state index is 0. The van der Waals surface area contributed by atoms with Crippen molar-refractivity contribution in [1.29, 1.82) is 0 Å². The standard InChI is InChI=1S/C13H15ClN2O3.ClH/c1-8-6-15-2-3-16(8)13(17)9-4-10(14)12-11(5-9)18-7-19-12;/h4-5,8,15H,2-3,6-7H2,1H3;1H/t8-;/m1./s1. The number of ether oxygens (including phenoxy) is 2. The van der Waals surface area contributed by atoms with Crippen LogP contribution in [0.1, 0.15) is 17.3 Å². The SMILES string of the molecule is C[C@@H]1CNCCN1C(=O)c1cc(Cl)c2c(c1)OCO2.Cl. The minimum atomic E-state index is -0.0193. The van der Waals surface area contributed by atoms with Gasteiger partial charge in [0.25, 0.3) is 5.91 Å². The van der Waals surface area contributed by atoms with Crippen molar-refractivity contribution in [3.8, 4) is 11.5 Å². The van der Waals surface area contributed by atoms with E-state index in [0.717, 1.165) is 13.1 Å². The zero-order chi connectivity index (χ0) is 13.4. The van der Waals surface area contributed by atoms with Gasteiger partial charge in [0.15, 0.2) is 11.5 Å². The molecule has 110 valence electrons. The molecule has 1 N–H and O–H groups in total. The first-order chi connectivity index (χ1) is 9.16. The van der Waals surface area contributed by atoms with Gasteiger partial charge in [-0.05, 0) is 19.1 Å². The Morgan fingerprint density at radius 2 is 2.25 bits per heavy atom. The summed E-state index contributed by atoms with van der Waals surface area (Å²) >= 11 is 6.11. The van der Waals surface area contributed by atoms with E-state index in [1.807, 2.05) is 11.8 Å². The van der Waals surface area contributed by atoms with E-state index in [1.165, 1.54) is 0 Å². The Balaban J connectivity index is 0.00000147. The first kappa shape index (κ1) is 15.2. The Bertz CT molecular complexity index is 525. The van der Waals surface area contributed by atoms with Crippen LogP contribution < -0.4 is 14.8 Å². The lowest BCUT2D eigenvalue weighted by atomic mass is 10.1. The summed E-state index contributed by atoms with van der Waals surface area (Å²) in [6.07, 6.45) is 0. The van der Waals surface area contributed by atoms with E-state index in [9.17, 15) is 4.79 Å². The molecule has 5 nitrogen and oxygen atoms in total. The quantitative estimate of drug-likeness (QED) is 0.859. The predicted molar refractivity (Wildman–Crippen MR) is 78.2 cm³/mol. The zero-order valence-electron chi connectivity index (χ0n) is 11.0. The van der Waals surface area contributed by atoms with Crippen molar-refractivity contribution in [2.24, 2.45) is 0 Å². The van der Waals surface area contributed by atoms with Gasteiger partial charge in [-0.15, -0.1) is 12.4 Å². The van der Waals surface area contributed by atoms with Crippen LogP contribution in [-0.2, 0) is 0 Å². The van der Waals surface area contributed by atoms with Gasteiger partial charge in [0.1, 0.15) is 0 Å². The number of amides is 1. The fourth-order valence-corrected chi connectivity index (χ4v) is 2.66. The van der Waals surface area contributed by atoms with Crippen molar-refractivity contribution in [3.63, 3.8) is 0 Å². The van der Waals surface area contributed by atoms with Crippen LogP contribution in [0, 0.1) is 0 Å². The van der Waals surface area contributed by atoms with Crippen LogP contribution in [-0.4, -0.2) is 43.3 Å². The van der Waals surface area contributed by atoms with E-state index in [-0.39, 0.29) is 31.1 Å². The molecule has 7 heteroatoms. The summed E-state index contributed by atoms with van der Waals surface area (Å²) in [5.74, 6) is 1.04. The smallest absolute Gasteiger partial charge is 0.254 e. The third-order valence-corrected chi connectivity index (χ3v) is 3.72. The van der Waals surface area contributed by atoms with Gasteiger partial charge in [-0.2, -0.15) is 0 Å². The van der Waals surface area contributed by atoms with Gasteiger partial charge in [-0.25, -0.2) is 0 Å². The molecular formula is C13H16Cl2N2O3. The van der Waals surface area contributed by atoms with Crippen LogP contribution in [0.5, 0.6) is 11.5 Å². The van der Waals surface area contributed by atoms with Crippen LogP contribution in [0.15, 0.2) is 12.1 Å². The van der Waals surface area contributed by atoms with Crippen molar-refractivity contribution in [3.05, 3.63) is 22.7 Å². The summed E-state index contributed by atoms with van der Waals surface area (Å²) in [5, 5.41) is 3.68. The maximum atomic E-state index is 12.5. The number of hydrogen-bond acceptors (Lipinski definition) is 4. The van der Waals surface area contributed by atoms with E-state index in [4.69, 9.17) is 21.1 Å². The number of nitrogens with one attached hydrogen (secondary N) is 1. The number of rotatable bonds is 1. The molecule has 0 radical (unpaired) electrons. The van der Waals surface area contributed by atoms with Gasteiger partial charge < -0.3 is 19.7 Å². The fourth-order valence-electron chi connectivity index (χ4n) is 2.40. The minimum Gasteiger partial charge on any atom is -0.454 e. The third-order valence-electron chi connectivity index (χ3n) is 3.44. The number of benzene rings is 1. The molecule has 0 aliphatic carbocycles. The Morgan fingerprint density at radius 3 is 3.00 bits per heavy atom. The van der Waals surface area contributed by atoms with E-state index < -0.39 is 0 Å². The van der Waals surface area contributed by atoms with Gasteiger partial charge >= 0.3 is 0 Å². The molecule has 1 saturated heterocycles. The second kappa shape index (κ2) is 6.08. The van der Waals surface area contributed by atoms with Gasteiger partial charge in [0, 0.05) is 31.2 Å². The molecule has 0 aromatic heterocycles. The van der Waals surface area contributed by atoms with E-state index in [2.05, 4.69) is 5.32 Å². The summed E-state index contributed by atoms with van der Waals surface area (Å²) < 4.78 is 10.5. The van der Waals surface area contributed by atoms with Crippen molar-refractivity contribution in [2.75, 3.05) is 26.4 Å². The van der Waals surface area contributed by atoms with Crippen molar-refractivity contribution in [1.82, 2.24) is 10.2 Å². The summed E-state index contributed by atoms with van der Waals surface area (Å²) in [5.41, 5.74) is 0.544. The molecule has 1 fully saturated rings. The number of fused-ring (bicyclic) bond motifs is 1. The maximum absolute atomic E-state index is 12.5. The molecule has 1 aromatic rings. The largest absolute Gasteiger partial charge is 0.454 e. The lowest BCUT2D eigenvalue weighted by Crippen LogP contribution is -2.52. The highest BCUT2D eigenvalue weighted by atomic mass is 35.5. The molecule has 1 atom stereocenters. The Kier molecular flexibility index (Phi) is 4.62. The molecule has 20 heavy (non-hydrogen) atoms. The molecule has 0 unspecified atom stereocenters. The van der Waals surface area contributed by atoms with Gasteiger partial charge in [-0.3, -0.25) is 4.79 Å². The highest BCUT2D eigenvalue weighted by Crippen LogP contribution is 2.40. The second-order valence-electron chi connectivity index (χ2n) is 4.74. The first-order valence-corrected chi connectivity index (χ1v) is 6.65. The number of piperazine rings is 1. The molecule has 3 rings (SSSR count). The molecule has 1 amide bonds. The summed E-state index contributed by atoms with van der Waals surface area (Å²) in [4.78, 5) is 14.4. The number of halogens is 2. The first-order valence-electron chi connectivity index (χ1n) is 6.27. The van der Waals surface area contributed by atoms with Gasteiger partial charge in [0.05, 0.1) is 5.02 Å². The molecule has 0 bridgehead atoms. The maximum Gasteiger partial charge on any atom is 0.254 e. The van der Waals surface area contributed by atoms with Crippen LogP contribution in [0.2, 0.25) is 5.02 Å². The van der Waals surface area contributed by atoms with Gasteiger partial charge in [0.2, 0.25) is 6.79 Å². The van der Waals surface area contributed by atoms with Crippen molar-refractivity contribution in [2.45, 2.75) is 13.0 Å². The van der Waals surface area contributed by atoms with Crippen LogP contribution in [0.25, 0.3) is 0 Å². The van der Waals surface area contributed by atoms with Crippen molar-refractivity contribution >= 4 is 29.9 Å². The van der Waals surface area contributed by atoms with Crippen LogP contribution in [0.4, 0.5) is 0 Å². The van der Waals surface area contributed by atoms with E-state index in [0.29, 0.717) is 28.6 Å². The fraction of sp³-hybridized carbons (Fsp3) is 0.462. The Hall–Kier alpha value is -1.17. The normalized spacial score (nSPS) is 20.5. The number of carbonyl (C=O) groups excluding carboxylic acids is 1. The lowest BCUT2D eigenvalue weighted by molar-refractivity contribution is 0.0655. The zero-order valence-corrected chi connectivity index (χ0v) is 12.6. The second-order valence-corrected chi connectivity index (χ2v) is 5.15. The Morgan fingerprint density at radius 1 is 1.45 bits per heavy atom. The van der Waals surface area contributed by atoms with E-state index >= 15 is 0 Å². The highest BCUT2D eigenvalue weighted by Gasteiger charge is 2.27. The number of nitrogens with zero attached hydrogens (tertiary/aromatic N) is 1. The molecule has 0 saturated carbocycles. The van der Waals surface area contributed by atoms with Crippen LogP contribution in [0.3, 0.4) is 0 Å². The topological polar surface area (TPSA) is 50.8 Å². The number of carbonyl (C=O) groups is 1. The lowest BCUT2D eigenvalue weighted by Gasteiger charge is -2.34. The molecule has 2 heterocycles. The molecule has 0 spiro atoms. The summed E-state index contributed by atoms with van der Waals surface area (Å²) in [7, 11) is 0. The average Bonchev–Trinajstić information content (AvgIpc) is 2.87. The average molecular weight is 319 g/mol. The highest BCUT2D eigenvalue weighted by molar-refractivity contribution is 6.32. The van der Waals surface area contributed by atoms with Crippen LogP contribution >= 0.6 is 24.0 Å². The molecule has 2 aliphatic rings. The predicted octanol–water partition coefficient (Wildman–Crippen LogP) is 1.92. The monoisotopic (exact) mass is 318 g/mol. The molecule has 2 aliphatic heterocycles. The summed E-state index contributed by atoms with van der Waals surface area (Å²) in [6.45, 7) is 4.50. The van der Waals surface area contributed by atoms with E-state index in [1.54, 1.807) is 12.1 Å². The molecule has 1 aromatic carbocycles. The third kappa shape index (κ3) is 2.66.